The molecule has 5 nitrogen and oxygen atoms in total. The number of benzene rings is 1. The zero-order chi connectivity index (χ0) is 13.7. The van der Waals surface area contributed by atoms with Crippen molar-refractivity contribution in [3.8, 4) is 0 Å². The summed E-state index contributed by atoms with van der Waals surface area (Å²) in [7, 11) is 0. The van der Waals surface area contributed by atoms with Crippen LogP contribution in [0.1, 0.15) is 18.4 Å². The molecule has 0 aromatic heterocycles. The highest BCUT2D eigenvalue weighted by atomic mass is 16.2. The van der Waals surface area contributed by atoms with Crippen molar-refractivity contribution in [2.45, 2.75) is 19.3 Å². The van der Waals surface area contributed by atoms with Crippen molar-refractivity contribution in [2.75, 3.05) is 25.4 Å². The maximum Gasteiger partial charge on any atom is 0.241 e. The molecule has 0 spiro atoms. The Morgan fingerprint density at radius 3 is 2.42 bits per heavy atom. The van der Waals surface area contributed by atoms with Gasteiger partial charge in [0.1, 0.15) is 0 Å². The van der Waals surface area contributed by atoms with Gasteiger partial charge in [-0.2, -0.15) is 0 Å². The predicted molar refractivity (Wildman–Crippen MR) is 73.4 cm³/mol. The monoisotopic (exact) mass is 261 g/mol. The highest BCUT2D eigenvalue weighted by Crippen LogP contribution is 2.07. The lowest BCUT2D eigenvalue weighted by Crippen LogP contribution is -2.39. The molecular weight excluding hydrogens is 242 g/mol. The standard InChI is InChI=1S/C14H19N3O2/c15-12-5-3-11(4-6-12)9-13(18)16-10-14(19)17-7-1-2-8-17/h3-6H,1-2,7-10,15H2,(H,16,18). The average molecular weight is 261 g/mol. The first kappa shape index (κ1) is 13.4. The summed E-state index contributed by atoms with van der Waals surface area (Å²) < 4.78 is 0. The second-order valence-corrected chi connectivity index (χ2v) is 4.78. The Morgan fingerprint density at radius 2 is 1.79 bits per heavy atom. The predicted octanol–water partition coefficient (Wildman–Crippen LogP) is 0.550. The van der Waals surface area contributed by atoms with Gasteiger partial charge in [0, 0.05) is 18.8 Å². The van der Waals surface area contributed by atoms with Gasteiger partial charge in [-0.05, 0) is 30.5 Å². The minimum absolute atomic E-state index is 0.00292. The van der Waals surface area contributed by atoms with Crippen molar-refractivity contribution in [2.24, 2.45) is 0 Å². The number of amides is 2. The molecule has 3 N–H and O–H groups in total. The molecule has 2 rings (SSSR count). The molecule has 1 heterocycles. The third kappa shape index (κ3) is 3.98. The Labute approximate surface area is 112 Å². The zero-order valence-electron chi connectivity index (χ0n) is 10.9. The Hall–Kier alpha value is -2.04. The number of rotatable bonds is 4. The maximum absolute atomic E-state index is 11.7. The summed E-state index contributed by atoms with van der Waals surface area (Å²) in [6.45, 7) is 1.72. The molecule has 2 amide bonds. The molecule has 1 aromatic rings. The molecule has 0 atom stereocenters. The number of nitrogen functional groups attached to an aromatic ring is 1. The summed E-state index contributed by atoms with van der Waals surface area (Å²) in [5.41, 5.74) is 7.14. The normalized spacial score (nSPS) is 14.4. The van der Waals surface area contributed by atoms with E-state index in [1.165, 1.54) is 0 Å². The first-order valence-corrected chi connectivity index (χ1v) is 6.54. The van der Waals surface area contributed by atoms with Crippen molar-refractivity contribution < 1.29 is 9.59 Å². The number of nitrogens with two attached hydrogens (primary N) is 1. The van der Waals surface area contributed by atoms with E-state index >= 15 is 0 Å². The van der Waals surface area contributed by atoms with Gasteiger partial charge in [0.15, 0.2) is 0 Å². The minimum atomic E-state index is -0.141. The Balaban J connectivity index is 1.75. The molecule has 1 aliphatic rings. The number of nitrogens with one attached hydrogen (secondary N) is 1. The average Bonchev–Trinajstić information content (AvgIpc) is 2.93. The number of nitrogens with zero attached hydrogens (tertiary/aromatic N) is 1. The van der Waals surface area contributed by atoms with E-state index in [1.807, 2.05) is 12.1 Å². The van der Waals surface area contributed by atoms with E-state index in [-0.39, 0.29) is 24.8 Å². The molecule has 0 aliphatic carbocycles. The summed E-state index contributed by atoms with van der Waals surface area (Å²) in [5.74, 6) is -0.138. The van der Waals surface area contributed by atoms with Crippen LogP contribution in [-0.4, -0.2) is 36.3 Å². The van der Waals surface area contributed by atoms with Gasteiger partial charge in [-0.1, -0.05) is 12.1 Å². The Kier molecular flexibility index (Phi) is 4.39. The summed E-state index contributed by atoms with van der Waals surface area (Å²) >= 11 is 0. The fraction of sp³-hybridized carbons (Fsp3) is 0.429. The molecular formula is C14H19N3O2. The Bertz CT molecular complexity index is 450. The number of hydrogen-bond acceptors (Lipinski definition) is 3. The van der Waals surface area contributed by atoms with E-state index < -0.39 is 0 Å². The molecule has 5 heteroatoms. The molecule has 1 saturated heterocycles. The van der Waals surface area contributed by atoms with Crippen LogP contribution in [0.2, 0.25) is 0 Å². The van der Waals surface area contributed by atoms with E-state index in [2.05, 4.69) is 5.32 Å². The van der Waals surface area contributed by atoms with Crippen molar-refractivity contribution in [1.82, 2.24) is 10.2 Å². The minimum Gasteiger partial charge on any atom is -0.399 e. The SMILES string of the molecule is Nc1ccc(CC(=O)NCC(=O)N2CCCC2)cc1. The number of hydrogen-bond donors (Lipinski definition) is 2. The van der Waals surface area contributed by atoms with E-state index in [9.17, 15) is 9.59 Å². The summed E-state index contributed by atoms with van der Waals surface area (Å²) in [5, 5.41) is 2.66. The lowest BCUT2D eigenvalue weighted by Gasteiger charge is -2.15. The number of carbonyl (C=O) groups is 2. The largest absolute Gasteiger partial charge is 0.399 e. The van der Waals surface area contributed by atoms with Gasteiger partial charge < -0.3 is 16.0 Å². The molecule has 0 radical (unpaired) electrons. The van der Waals surface area contributed by atoms with Gasteiger partial charge in [-0.15, -0.1) is 0 Å². The van der Waals surface area contributed by atoms with E-state index in [0.29, 0.717) is 5.69 Å². The third-order valence-electron chi connectivity index (χ3n) is 3.24. The van der Waals surface area contributed by atoms with E-state index in [4.69, 9.17) is 5.73 Å². The van der Waals surface area contributed by atoms with Gasteiger partial charge in [-0.3, -0.25) is 9.59 Å². The van der Waals surface area contributed by atoms with Gasteiger partial charge in [0.2, 0.25) is 11.8 Å². The molecule has 1 aliphatic heterocycles. The number of likely N-dealkylation sites (tertiary alicyclic amines) is 1. The van der Waals surface area contributed by atoms with Crippen LogP contribution in [0.3, 0.4) is 0 Å². The van der Waals surface area contributed by atoms with E-state index in [0.717, 1.165) is 31.5 Å². The highest BCUT2D eigenvalue weighted by molar-refractivity contribution is 5.85. The van der Waals surface area contributed by atoms with Gasteiger partial charge in [0.05, 0.1) is 13.0 Å². The molecule has 0 bridgehead atoms. The van der Waals surface area contributed by atoms with Crippen molar-refractivity contribution in [3.63, 3.8) is 0 Å². The summed E-state index contributed by atoms with van der Waals surface area (Å²) in [6, 6.07) is 7.16. The van der Waals surface area contributed by atoms with E-state index in [1.54, 1.807) is 17.0 Å². The highest BCUT2D eigenvalue weighted by Gasteiger charge is 2.17. The molecule has 1 fully saturated rings. The first-order valence-electron chi connectivity index (χ1n) is 6.54. The number of carbonyl (C=O) groups excluding carboxylic acids is 2. The lowest BCUT2D eigenvalue weighted by atomic mass is 10.1. The molecule has 19 heavy (non-hydrogen) atoms. The van der Waals surface area contributed by atoms with Crippen LogP contribution in [0, 0.1) is 0 Å². The van der Waals surface area contributed by atoms with Gasteiger partial charge in [0.25, 0.3) is 0 Å². The van der Waals surface area contributed by atoms with Crippen LogP contribution >= 0.6 is 0 Å². The van der Waals surface area contributed by atoms with Crippen LogP contribution in [0.4, 0.5) is 5.69 Å². The molecule has 1 aromatic carbocycles. The third-order valence-corrected chi connectivity index (χ3v) is 3.24. The maximum atomic E-state index is 11.7. The fourth-order valence-corrected chi connectivity index (χ4v) is 2.14. The van der Waals surface area contributed by atoms with Crippen LogP contribution in [0.5, 0.6) is 0 Å². The van der Waals surface area contributed by atoms with Crippen LogP contribution in [0.25, 0.3) is 0 Å². The molecule has 0 saturated carbocycles. The smallest absolute Gasteiger partial charge is 0.241 e. The lowest BCUT2D eigenvalue weighted by molar-refractivity contribution is -0.131. The van der Waals surface area contributed by atoms with Gasteiger partial charge >= 0.3 is 0 Å². The van der Waals surface area contributed by atoms with Crippen LogP contribution < -0.4 is 11.1 Å². The quantitative estimate of drug-likeness (QED) is 0.777. The van der Waals surface area contributed by atoms with Crippen molar-refractivity contribution in [1.29, 1.82) is 0 Å². The first-order chi connectivity index (χ1) is 9.15. The second-order valence-electron chi connectivity index (χ2n) is 4.78. The molecule has 0 unspecified atom stereocenters. The fourth-order valence-electron chi connectivity index (χ4n) is 2.14. The van der Waals surface area contributed by atoms with Crippen LogP contribution in [0.15, 0.2) is 24.3 Å². The van der Waals surface area contributed by atoms with Crippen molar-refractivity contribution >= 4 is 17.5 Å². The van der Waals surface area contributed by atoms with Crippen molar-refractivity contribution in [3.05, 3.63) is 29.8 Å². The zero-order valence-corrected chi connectivity index (χ0v) is 10.9. The summed E-state index contributed by atoms with van der Waals surface area (Å²) in [4.78, 5) is 25.2. The summed E-state index contributed by atoms with van der Waals surface area (Å²) in [6.07, 6.45) is 2.39. The molecule has 102 valence electrons. The van der Waals surface area contributed by atoms with Crippen LogP contribution in [-0.2, 0) is 16.0 Å². The second kappa shape index (κ2) is 6.22. The Morgan fingerprint density at radius 1 is 1.16 bits per heavy atom. The van der Waals surface area contributed by atoms with Gasteiger partial charge in [-0.25, -0.2) is 0 Å². The topological polar surface area (TPSA) is 75.4 Å². The number of anilines is 1.